The van der Waals surface area contributed by atoms with Crippen molar-refractivity contribution < 1.29 is 4.74 Å². The number of nitrogens with two attached hydrogens (primary N) is 1. The Balaban J connectivity index is 1.83. The maximum atomic E-state index is 5.79. The molecular formula is C12H21N3OS. The Labute approximate surface area is 107 Å². The van der Waals surface area contributed by atoms with Gasteiger partial charge in [0.15, 0.2) is 0 Å². The Kier molecular flexibility index (Phi) is 4.94. The lowest BCUT2D eigenvalue weighted by Crippen LogP contribution is -2.53. The van der Waals surface area contributed by atoms with Crippen LogP contribution in [0.15, 0.2) is 16.8 Å². The zero-order chi connectivity index (χ0) is 12.1. The Morgan fingerprint density at radius 2 is 2.59 bits per heavy atom. The van der Waals surface area contributed by atoms with Gasteiger partial charge in [0, 0.05) is 19.1 Å². The lowest BCUT2D eigenvalue weighted by atomic mass is 10.0. The fraction of sp³-hybridized carbons (Fsp3) is 0.667. The van der Waals surface area contributed by atoms with Crippen molar-refractivity contribution in [2.75, 3.05) is 26.7 Å². The van der Waals surface area contributed by atoms with Gasteiger partial charge in [-0.15, -0.1) is 0 Å². The van der Waals surface area contributed by atoms with Crippen LogP contribution in [0.1, 0.15) is 12.0 Å². The quantitative estimate of drug-likeness (QED) is 0.605. The van der Waals surface area contributed by atoms with Gasteiger partial charge in [-0.25, -0.2) is 0 Å². The summed E-state index contributed by atoms with van der Waals surface area (Å²) in [5, 5.41) is 4.31. The molecule has 0 aliphatic carbocycles. The van der Waals surface area contributed by atoms with E-state index in [2.05, 4.69) is 34.2 Å². The lowest BCUT2D eigenvalue weighted by Gasteiger charge is -2.34. The number of nitrogens with zero attached hydrogens (tertiary/aromatic N) is 1. The molecule has 3 N–H and O–H groups in total. The fourth-order valence-corrected chi connectivity index (χ4v) is 2.89. The van der Waals surface area contributed by atoms with Gasteiger partial charge in [0.25, 0.3) is 0 Å². The number of hydrazine groups is 1. The number of likely N-dealkylation sites (N-methyl/N-ethyl adjacent to an activating group) is 1. The molecule has 2 unspecified atom stereocenters. The third-order valence-corrected chi connectivity index (χ3v) is 4.02. The summed E-state index contributed by atoms with van der Waals surface area (Å²) >= 11 is 1.74. The first-order chi connectivity index (χ1) is 8.29. The normalized spacial score (nSPS) is 23.8. The van der Waals surface area contributed by atoms with Crippen molar-refractivity contribution in [1.29, 1.82) is 0 Å². The summed E-state index contributed by atoms with van der Waals surface area (Å²) in [7, 11) is 2.13. The number of morpholine rings is 1. The zero-order valence-electron chi connectivity index (χ0n) is 10.3. The summed E-state index contributed by atoms with van der Waals surface area (Å²) in [5.41, 5.74) is 4.29. The van der Waals surface area contributed by atoms with Gasteiger partial charge in [-0.05, 0) is 42.3 Å². The topological polar surface area (TPSA) is 50.5 Å². The molecule has 0 bridgehead atoms. The number of thiophene rings is 1. The van der Waals surface area contributed by atoms with E-state index in [0.717, 1.165) is 32.5 Å². The van der Waals surface area contributed by atoms with Gasteiger partial charge >= 0.3 is 0 Å². The lowest BCUT2D eigenvalue weighted by molar-refractivity contribution is -0.0398. The number of ether oxygens (including phenoxy) is 1. The molecule has 1 aromatic heterocycles. The van der Waals surface area contributed by atoms with Crippen LogP contribution in [0, 0.1) is 0 Å². The molecule has 0 aromatic carbocycles. The van der Waals surface area contributed by atoms with E-state index in [9.17, 15) is 0 Å². The number of hydrogen-bond donors (Lipinski definition) is 2. The molecule has 1 saturated heterocycles. The van der Waals surface area contributed by atoms with Crippen molar-refractivity contribution in [3.63, 3.8) is 0 Å². The monoisotopic (exact) mass is 255 g/mol. The highest BCUT2D eigenvalue weighted by atomic mass is 32.1. The summed E-state index contributed by atoms with van der Waals surface area (Å²) in [6.45, 7) is 2.77. The maximum absolute atomic E-state index is 5.79. The minimum absolute atomic E-state index is 0.206. The Morgan fingerprint density at radius 3 is 3.24 bits per heavy atom. The smallest absolute Gasteiger partial charge is 0.0868 e. The molecule has 5 heteroatoms. The molecular weight excluding hydrogens is 234 g/mol. The van der Waals surface area contributed by atoms with Crippen molar-refractivity contribution in [3.05, 3.63) is 22.4 Å². The Morgan fingerprint density at radius 1 is 1.71 bits per heavy atom. The molecule has 2 atom stereocenters. The zero-order valence-corrected chi connectivity index (χ0v) is 11.1. The van der Waals surface area contributed by atoms with E-state index in [1.54, 1.807) is 11.3 Å². The highest BCUT2D eigenvalue weighted by Gasteiger charge is 2.25. The number of hydrogen-bond acceptors (Lipinski definition) is 5. The summed E-state index contributed by atoms with van der Waals surface area (Å²) in [6, 6.07) is 2.41. The fourth-order valence-electron chi connectivity index (χ4n) is 2.19. The summed E-state index contributed by atoms with van der Waals surface area (Å²) in [4.78, 5) is 2.29. The van der Waals surface area contributed by atoms with Crippen molar-refractivity contribution >= 4 is 11.3 Å². The third kappa shape index (κ3) is 3.76. The van der Waals surface area contributed by atoms with Crippen LogP contribution in [0.25, 0.3) is 0 Å². The Hall–Kier alpha value is -0.460. The van der Waals surface area contributed by atoms with E-state index in [4.69, 9.17) is 10.6 Å². The molecule has 4 nitrogen and oxygen atoms in total. The molecule has 17 heavy (non-hydrogen) atoms. The average Bonchev–Trinajstić information content (AvgIpc) is 2.83. The van der Waals surface area contributed by atoms with Gasteiger partial charge in [-0.3, -0.25) is 11.3 Å². The van der Waals surface area contributed by atoms with Crippen molar-refractivity contribution in [1.82, 2.24) is 10.3 Å². The molecule has 0 spiro atoms. The first kappa shape index (κ1) is 13.0. The van der Waals surface area contributed by atoms with Crippen LogP contribution in [0.5, 0.6) is 0 Å². The molecule has 1 aromatic rings. The number of aryl methyl sites for hydroxylation is 1. The highest BCUT2D eigenvalue weighted by molar-refractivity contribution is 7.07. The van der Waals surface area contributed by atoms with Gasteiger partial charge in [-0.1, -0.05) is 0 Å². The van der Waals surface area contributed by atoms with Crippen LogP contribution in [0.3, 0.4) is 0 Å². The number of rotatable bonds is 5. The molecule has 0 saturated carbocycles. The summed E-state index contributed by atoms with van der Waals surface area (Å²) in [6.07, 6.45) is 2.28. The van der Waals surface area contributed by atoms with Crippen molar-refractivity contribution in [2.45, 2.75) is 25.0 Å². The predicted octanol–water partition coefficient (Wildman–Crippen LogP) is 0.843. The van der Waals surface area contributed by atoms with E-state index < -0.39 is 0 Å². The van der Waals surface area contributed by atoms with E-state index in [0.29, 0.717) is 0 Å². The van der Waals surface area contributed by atoms with Gasteiger partial charge in [-0.2, -0.15) is 11.3 Å². The molecule has 96 valence electrons. The number of nitrogens with one attached hydrogen (secondary N) is 1. The minimum atomic E-state index is 0.206. The van der Waals surface area contributed by atoms with E-state index >= 15 is 0 Å². The predicted molar refractivity (Wildman–Crippen MR) is 71.0 cm³/mol. The summed E-state index contributed by atoms with van der Waals surface area (Å²) < 4.78 is 5.79. The molecule has 2 heterocycles. The highest BCUT2D eigenvalue weighted by Crippen LogP contribution is 2.14. The van der Waals surface area contributed by atoms with Crippen LogP contribution in [-0.2, 0) is 11.2 Å². The second-order valence-corrected chi connectivity index (χ2v) is 5.39. The van der Waals surface area contributed by atoms with Gasteiger partial charge in [0.2, 0.25) is 0 Å². The van der Waals surface area contributed by atoms with Crippen LogP contribution in [0.4, 0.5) is 0 Å². The molecule has 0 radical (unpaired) electrons. The van der Waals surface area contributed by atoms with Gasteiger partial charge < -0.3 is 9.64 Å². The largest absolute Gasteiger partial charge is 0.374 e. The first-order valence-corrected chi connectivity index (χ1v) is 7.01. The van der Waals surface area contributed by atoms with Crippen molar-refractivity contribution in [2.24, 2.45) is 5.84 Å². The molecule has 1 aliphatic heterocycles. The molecule has 1 aliphatic rings. The van der Waals surface area contributed by atoms with Gasteiger partial charge in [0.05, 0.1) is 12.7 Å². The second kappa shape index (κ2) is 6.47. The van der Waals surface area contributed by atoms with Crippen molar-refractivity contribution in [3.8, 4) is 0 Å². The standard InChI is InChI=1S/C12H21N3OS/c1-15-5-6-16-12(8-15)11(14-13)3-2-10-4-7-17-9-10/h4,7,9,11-12,14H,2-3,5-6,8,13H2,1H3. The average molecular weight is 255 g/mol. The van der Waals surface area contributed by atoms with E-state index in [-0.39, 0.29) is 12.1 Å². The summed E-state index contributed by atoms with van der Waals surface area (Å²) in [5.74, 6) is 5.64. The van der Waals surface area contributed by atoms with Crippen LogP contribution in [-0.4, -0.2) is 43.8 Å². The van der Waals surface area contributed by atoms with Crippen LogP contribution in [0.2, 0.25) is 0 Å². The van der Waals surface area contributed by atoms with Crippen LogP contribution < -0.4 is 11.3 Å². The Bertz CT molecular complexity index is 318. The minimum Gasteiger partial charge on any atom is -0.374 e. The van der Waals surface area contributed by atoms with Gasteiger partial charge in [0.1, 0.15) is 0 Å². The van der Waals surface area contributed by atoms with E-state index in [1.165, 1.54) is 5.56 Å². The molecule has 2 rings (SSSR count). The molecule has 1 fully saturated rings. The van der Waals surface area contributed by atoms with E-state index in [1.807, 2.05) is 0 Å². The van der Waals surface area contributed by atoms with Crippen LogP contribution >= 0.6 is 11.3 Å². The SMILES string of the molecule is CN1CCOC(C(CCc2ccsc2)NN)C1. The third-order valence-electron chi connectivity index (χ3n) is 3.28. The second-order valence-electron chi connectivity index (χ2n) is 4.61. The maximum Gasteiger partial charge on any atom is 0.0868 e. The first-order valence-electron chi connectivity index (χ1n) is 6.07. The molecule has 0 amide bonds.